The van der Waals surface area contributed by atoms with Crippen LogP contribution >= 0.6 is 0 Å². The predicted octanol–water partition coefficient (Wildman–Crippen LogP) is 1.62. The summed E-state index contributed by atoms with van der Waals surface area (Å²) in [7, 11) is 0. The standard InChI is InChI=1S/C11H16O4/c1-5-14-11(13)9(4)6-7-15-10(12)8(2)3/h2,4-7H2,1,3H3. The fraction of sp³-hybridized carbons (Fsp3) is 0.455. The Morgan fingerprint density at radius 1 is 1.13 bits per heavy atom. The highest BCUT2D eigenvalue weighted by Crippen LogP contribution is 2.02. The molecule has 0 radical (unpaired) electrons. The third kappa shape index (κ3) is 5.67. The minimum absolute atomic E-state index is 0.114. The monoisotopic (exact) mass is 212 g/mol. The van der Waals surface area contributed by atoms with Gasteiger partial charge in [0.25, 0.3) is 0 Å². The molecule has 4 nitrogen and oxygen atoms in total. The van der Waals surface area contributed by atoms with Gasteiger partial charge in [-0.1, -0.05) is 13.2 Å². The van der Waals surface area contributed by atoms with Crippen molar-refractivity contribution in [3.05, 3.63) is 24.3 Å². The zero-order valence-corrected chi connectivity index (χ0v) is 9.17. The lowest BCUT2D eigenvalue weighted by Crippen LogP contribution is -2.11. The fourth-order valence-corrected chi connectivity index (χ4v) is 0.725. The molecule has 0 amide bonds. The first-order valence-electron chi connectivity index (χ1n) is 4.66. The summed E-state index contributed by atoms with van der Waals surface area (Å²) in [6, 6.07) is 0. The van der Waals surface area contributed by atoms with Gasteiger partial charge in [0.1, 0.15) is 0 Å². The normalized spacial score (nSPS) is 9.20. The molecule has 84 valence electrons. The molecule has 0 heterocycles. The van der Waals surface area contributed by atoms with Gasteiger partial charge in [0.2, 0.25) is 0 Å². The summed E-state index contributed by atoms with van der Waals surface area (Å²) in [5, 5.41) is 0. The number of hydrogen-bond acceptors (Lipinski definition) is 4. The van der Waals surface area contributed by atoms with E-state index < -0.39 is 11.9 Å². The first-order chi connectivity index (χ1) is 6.99. The summed E-state index contributed by atoms with van der Waals surface area (Å²) < 4.78 is 9.51. The lowest BCUT2D eigenvalue weighted by atomic mass is 10.2. The van der Waals surface area contributed by atoms with Gasteiger partial charge in [-0.2, -0.15) is 0 Å². The van der Waals surface area contributed by atoms with E-state index in [4.69, 9.17) is 9.47 Å². The van der Waals surface area contributed by atoms with E-state index in [2.05, 4.69) is 13.2 Å². The third-order valence-corrected chi connectivity index (χ3v) is 1.55. The van der Waals surface area contributed by atoms with Gasteiger partial charge in [0.05, 0.1) is 13.2 Å². The number of rotatable bonds is 6. The molecule has 0 aromatic rings. The highest BCUT2D eigenvalue weighted by molar-refractivity contribution is 5.88. The molecule has 0 aromatic heterocycles. The average Bonchev–Trinajstić information content (AvgIpc) is 2.17. The Bertz CT molecular complexity index is 278. The third-order valence-electron chi connectivity index (χ3n) is 1.55. The van der Waals surface area contributed by atoms with Gasteiger partial charge in [-0.15, -0.1) is 0 Å². The van der Waals surface area contributed by atoms with E-state index >= 15 is 0 Å². The number of carbonyl (C=O) groups excluding carboxylic acids is 2. The van der Waals surface area contributed by atoms with E-state index in [1.807, 2.05) is 0 Å². The highest BCUT2D eigenvalue weighted by atomic mass is 16.5. The number of hydrogen-bond donors (Lipinski definition) is 0. The summed E-state index contributed by atoms with van der Waals surface area (Å²) in [4.78, 5) is 22.0. The molecule has 0 unspecified atom stereocenters. The van der Waals surface area contributed by atoms with Gasteiger partial charge in [-0.25, -0.2) is 9.59 Å². The van der Waals surface area contributed by atoms with Crippen LogP contribution in [0.1, 0.15) is 20.3 Å². The molecular formula is C11H16O4. The lowest BCUT2D eigenvalue weighted by Gasteiger charge is -2.06. The van der Waals surface area contributed by atoms with Crippen LogP contribution in [0.3, 0.4) is 0 Å². The minimum Gasteiger partial charge on any atom is -0.463 e. The van der Waals surface area contributed by atoms with E-state index in [9.17, 15) is 9.59 Å². The molecule has 0 rings (SSSR count). The largest absolute Gasteiger partial charge is 0.463 e. The van der Waals surface area contributed by atoms with Gasteiger partial charge in [0, 0.05) is 17.6 Å². The fourth-order valence-electron chi connectivity index (χ4n) is 0.725. The van der Waals surface area contributed by atoms with Crippen molar-refractivity contribution in [3.8, 4) is 0 Å². The number of carbonyl (C=O) groups is 2. The summed E-state index contributed by atoms with van der Waals surface area (Å²) in [6.07, 6.45) is 0.276. The summed E-state index contributed by atoms with van der Waals surface area (Å²) in [5.41, 5.74) is 0.628. The first-order valence-corrected chi connectivity index (χ1v) is 4.66. The zero-order chi connectivity index (χ0) is 11.8. The van der Waals surface area contributed by atoms with Crippen LogP contribution in [0.15, 0.2) is 24.3 Å². The second kappa shape index (κ2) is 6.81. The van der Waals surface area contributed by atoms with E-state index in [1.165, 1.54) is 0 Å². The van der Waals surface area contributed by atoms with Crippen LogP contribution < -0.4 is 0 Å². The molecule has 0 bridgehead atoms. The number of esters is 2. The van der Waals surface area contributed by atoms with Crippen LogP contribution in [0.4, 0.5) is 0 Å². The Balaban J connectivity index is 3.77. The molecule has 0 saturated heterocycles. The quantitative estimate of drug-likeness (QED) is 0.496. The molecule has 15 heavy (non-hydrogen) atoms. The van der Waals surface area contributed by atoms with Gasteiger partial charge < -0.3 is 9.47 Å². The molecule has 0 fully saturated rings. The maximum Gasteiger partial charge on any atom is 0.333 e. The summed E-state index contributed by atoms with van der Waals surface area (Å²) >= 11 is 0. The highest BCUT2D eigenvalue weighted by Gasteiger charge is 2.09. The SMILES string of the molecule is C=C(C)C(=O)OCCC(=C)C(=O)OCC. The van der Waals surface area contributed by atoms with Gasteiger partial charge in [0.15, 0.2) is 0 Å². The molecule has 0 aliphatic heterocycles. The van der Waals surface area contributed by atoms with Crippen LogP contribution in [0.2, 0.25) is 0 Å². The average molecular weight is 212 g/mol. The molecule has 4 heteroatoms. The first kappa shape index (κ1) is 13.4. The van der Waals surface area contributed by atoms with Crippen molar-refractivity contribution in [1.29, 1.82) is 0 Å². The van der Waals surface area contributed by atoms with Crippen molar-refractivity contribution in [2.24, 2.45) is 0 Å². The van der Waals surface area contributed by atoms with Crippen molar-refractivity contribution in [2.45, 2.75) is 20.3 Å². The van der Waals surface area contributed by atoms with Crippen molar-refractivity contribution >= 4 is 11.9 Å². The van der Waals surface area contributed by atoms with Crippen molar-refractivity contribution in [3.63, 3.8) is 0 Å². The Labute approximate surface area is 89.6 Å². The smallest absolute Gasteiger partial charge is 0.333 e. The van der Waals surface area contributed by atoms with Gasteiger partial charge in [-0.05, 0) is 13.8 Å². The van der Waals surface area contributed by atoms with Crippen LogP contribution in [0, 0.1) is 0 Å². The maximum atomic E-state index is 11.1. The van der Waals surface area contributed by atoms with Crippen LogP contribution in [0.25, 0.3) is 0 Å². The molecule has 0 aliphatic rings. The maximum absolute atomic E-state index is 11.1. The van der Waals surface area contributed by atoms with Crippen LogP contribution in [0.5, 0.6) is 0 Å². The molecule has 0 N–H and O–H groups in total. The number of ether oxygens (including phenoxy) is 2. The topological polar surface area (TPSA) is 52.6 Å². The molecular weight excluding hydrogens is 196 g/mol. The Kier molecular flexibility index (Phi) is 6.09. The van der Waals surface area contributed by atoms with E-state index in [0.717, 1.165) is 0 Å². The van der Waals surface area contributed by atoms with Gasteiger partial charge in [-0.3, -0.25) is 0 Å². The summed E-state index contributed by atoms with van der Waals surface area (Å²) in [6.45, 7) is 10.7. The van der Waals surface area contributed by atoms with Crippen molar-refractivity contribution in [1.82, 2.24) is 0 Å². The Hall–Kier alpha value is -1.58. The van der Waals surface area contributed by atoms with E-state index in [1.54, 1.807) is 13.8 Å². The second-order valence-electron chi connectivity index (χ2n) is 2.99. The van der Waals surface area contributed by atoms with Crippen molar-refractivity contribution in [2.75, 3.05) is 13.2 Å². The molecule has 0 aliphatic carbocycles. The van der Waals surface area contributed by atoms with Crippen LogP contribution in [-0.2, 0) is 19.1 Å². The Morgan fingerprint density at radius 3 is 2.20 bits per heavy atom. The molecule has 0 aromatic carbocycles. The predicted molar refractivity (Wildman–Crippen MR) is 56.2 cm³/mol. The summed E-state index contributed by atoms with van der Waals surface area (Å²) in [5.74, 6) is -0.921. The molecule has 0 spiro atoms. The zero-order valence-electron chi connectivity index (χ0n) is 9.17. The second-order valence-corrected chi connectivity index (χ2v) is 2.99. The molecule has 0 saturated carbocycles. The van der Waals surface area contributed by atoms with E-state index in [-0.39, 0.29) is 13.0 Å². The molecule has 0 atom stereocenters. The lowest BCUT2D eigenvalue weighted by molar-refractivity contribution is -0.141. The minimum atomic E-state index is -0.466. The van der Waals surface area contributed by atoms with Gasteiger partial charge >= 0.3 is 11.9 Å². The van der Waals surface area contributed by atoms with Crippen LogP contribution in [-0.4, -0.2) is 25.2 Å². The Morgan fingerprint density at radius 2 is 1.73 bits per heavy atom. The van der Waals surface area contributed by atoms with E-state index in [0.29, 0.717) is 17.8 Å². The van der Waals surface area contributed by atoms with Crippen molar-refractivity contribution < 1.29 is 19.1 Å².